The van der Waals surface area contributed by atoms with Gasteiger partial charge >= 0.3 is 0 Å². The fourth-order valence-corrected chi connectivity index (χ4v) is 3.71. The summed E-state index contributed by atoms with van der Waals surface area (Å²) in [4.78, 5) is 4.69. The van der Waals surface area contributed by atoms with Crippen LogP contribution in [0.15, 0.2) is 48.5 Å². The molecule has 2 aromatic carbocycles. The molecule has 0 bridgehead atoms. The molecule has 1 atom stereocenters. The van der Waals surface area contributed by atoms with Crippen LogP contribution in [0.1, 0.15) is 23.1 Å². The van der Waals surface area contributed by atoms with Gasteiger partial charge in [-0.3, -0.25) is 0 Å². The Balaban J connectivity index is 1.48. The van der Waals surface area contributed by atoms with E-state index in [1.807, 2.05) is 18.2 Å². The van der Waals surface area contributed by atoms with E-state index in [2.05, 4.69) is 42.6 Å². The maximum Gasteiger partial charge on any atom is 0.0954 e. The number of benzene rings is 2. The van der Waals surface area contributed by atoms with Crippen LogP contribution in [0.3, 0.4) is 0 Å². The highest BCUT2D eigenvalue weighted by Crippen LogP contribution is 2.22. The van der Waals surface area contributed by atoms with Crippen molar-refractivity contribution in [3.63, 3.8) is 0 Å². The van der Waals surface area contributed by atoms with E-state index in [-0.39, 0.29) is 6.61 Å². The molecule has 0 fully saturated rings. The normalized spacial score (nSPS) is 12.6. The molecule has 2 N–H and O–H groups in total. The van der Waals surface area contributed by atoms with Crippen LogP contribution in [0, 0.1) is 0 Å². The quantitative estimate of drug-likeness (QED) is 0.698. The minimum Gasteiger partial charge on any atom is -0.392 e. The molecule has 0 saturated heterocycles. The third-order valence-electron chi connectivity index (χ3n) is 3.93. The molecule has 4 heteroatoms. The second kappa shape index (κ2) is 7.68. The lowest BCUT2D eigenvalue weighted by molar-refractivity contribution is 0.282. The molecule has 1 aromatic heterocycles. The number of nitrogens with zero attached hydrogens (tertiary/aromatic N) is 1. The van der Waals surface area contributed by atoms with Crippen molar-refractivity contribution in [2.45, 2.75) is 32.4 Å². The van der Waals surface area contributed by atoms with Gasteiger partial charge in [0.1, 0.15) is 0 Å². The molecule has 0 saturated carbocycles. The second-order valence-electron chi connectivity index (χ2n) is 5.86. The van der Waals surface area contributed by atoms with E-state index in [9.17, 15) is 0 Å². The van der Waals surface area contributed by atoms with Crippen LogP contribution < -0.4 is 5.32 Å². The number of nitrogens with one attached hydrogen (secondary N) is 1. The van der Waals surface area contributed by atoms with E-state index in [1.165, 1.54) is 15.3 Å². The van der Waals surface area contributed by atoms with Gasteiger partial charge in [0.25, 0.3) is 0 Å². The predicted molar refractivity (Wildman–Crippen MR) is 96.9 cm³/mol. The molecule has 0 amide bonds. The molecule has 0 aliphatic rings. The summed E-state index contributed by atoms with van der Waals surface area (Å²) >= 11 is 1.78. The summed E-state index contributed by atoms with van der Waals surface area (Å²) in [6.45, 7) is 3.27. The van der Waals surface area contributed by atoms with Crippen molar-refractivity contribution in [2.24, 2.45) is 0 Å². The molecule has 23 heavy (non-hydrogen) atoms. The van der Waals surface area contributed by atoms with Crippen LogP contribution in [-0.4, -0.2) is 22.7 Å². The maximum absolute atomic E-state index is 9.05. The summed E-state index contributed by atoms with van der Waals surface area (Å²) in [7, 11) is 0. The summed E-state index contributed by atoms with van der Waals surface area (Å²) in [5.41, 5.74) is 3.36. The molecule has 0 radical (unpaired) electrons. The first kappa shape index (κ1) is 16.1. The Morgan fingerprint density at radius 1 is 1.09 bits per heavy atom. The van der Waals surface area contributed by atoms with Gasteiger partial charge < -0.3 is 10.4 Å². The highest BCUT2D eigenvalue weighted by atomic mass is 32.1. The van der Waals surface area contributed by atoms with E-state index in [1.54, 1.807) is 11.3 Å². The van der Waals surface area contributed by atoms with Crippen LogP contribution in [0.4, 0.5) is 0 Å². The van der Waals surface area contributed by atoms with Crippen molar-refractivity contribution < 1.29 is 5.11 Å². The molecule has 3 aromatic rings. The standard InChI is InChI=1S/C19H22N2OS/c1-14(12-19-21-17-4-2-3-5-18(17)23-19)20-11-10-15-6-8-16(13-22)9-7-15/h2-9,14,20,22H,10-13H2,1H3. The zero-order valence-electron chi connectivity index (χ0n) is 13.3. The average molecular weight is 326 g/mol. The molecule has 1 heterocycles. The summed E-state index contributed by atoms with van der Waals surface area (Å²) in [5, 5.41) is 13.8. The van der Waals surface area contributed by atoms with E-state index < -0.39 is 0 Å². The van der Waals surface area contributed by atoms with Crippen LogP contribution >= 0.6 is 11.3 Å². The van der Waals surface area contributed by atoms with Gasteiger partial charge in [0.15, 0.2) is 0 Å². The third-order valence-corrected chi connectivity index (χ3v) is 4.99. The lowest BCUT2D eigenvalue weighted by atomic mass is 10.1. The SMILES string of the molecule is CC(Cc1nc2ccccc2s1)NCCc1ccc(CO)cc1. The smallest absolute Gasteiger partial charge is 0.0954 e. The largest absolute Gasteiger partial charge is 0.392 e. The zero-order valence-corrected chi connectivity index (χ0v) is 14.1. The van der Waals surface area contributed by atoms with Crippen LogP contribution in [0.5, 0.6) is 0 Å². The van der Waals surface area contributed by atoms with Gasteiger partial charge in [0.2, 0.25) is 0 Å². The monoisotopic (exact) mass is 326 g/mol. The Morgan fingerprint density at radius 2 is 1.83 bits per heavy atom. The molecule has 120 valence electrons. The van der Waals surface area contributed by atoms with Crippen molar-refractivity contribution in [1.29, 1.82) is 0 Å². The number of rotatable bonds is 7. The molecule has 3 nitrogen and oxygen atoms in total. The molecular formula is C19H22N2OS. The van der Waals surface area contributed by atoms with Crippen molar-refractivity contribution in [3.05, 3.63) is 64.7 Å². The molecular weight excluding hydrogens is 304 g/mol. The Morgan fingerprint density at radius 3 is 2.57 bits per heavy atom. The van der Waals surface area contributed by atoms with Gasteiger partial charge in [-0.25, -0.2) is 4.98 Å². The summed E-state index contributed by atoms with van der Waals surface area (Å²) in [6, 6.07) is 16.9. The first-order valence-corrected chi connectivity index (χ1v) is 8.83. The van der Waals surface area contributed by atoms with Gasteiger partial charge in [-0.15, -0.1) is 11.3 Å². The molecule has 0 aliphatic carbocycles. The number of hydrogen-bond donors (Lipinski definition) is 2. The molecule has 1 unspecified atom stereocenters. The predicted octanol–water partition coefficient (Wildman–Crippen LogP) is 3.55. The number of para-hydroxylation sites is 1. The Labute approximate surface area is 141 Å². The third kappa shape index (κ3) is 4.38. The summed E-state index contributed by atoms with van der Waals surface area (Å²) in [6.07, 6.45) is 1.96. The van der Waals surface area contributed by atoms with Crippen LogP contribution in [-0.2, 0) is 19.4 Å². The number of aliphatic hydroxyl groups is 1. The van der Waals surface area contributed by atoms with Gasteiger partial charge in [0.05, 0.1) is 21.8 Å². The first-order chi connectivity index (χ1) is 11.2. The summed E-state index contributed by atoms with van der Waals surface area (Å²) < 4.78 is 1.26. The van der Waals surface area contributed by atoms with Gasteiger partial charge in [0, 0.05) is 12.5 Å². The maximum atomic E-state index is 9.05. The van der Waals surface area contributed by atoms with Gasteiger partial charge in [-0.05, 0) is 43.1 Å². The number of aliphatic hydroxyl groups excluding tert-OH is 1. The summed E-state index contributed by atoms with van der Waals surface area (Å²) in [5.74, 6) is 0. The topological polar surface area (TPSA) is 45.2 Å². The Kier molecular flexibility index (Phi) is 5.39. The zero-order chi connectivity index (χ0) is 16.1. The van der Waals surface area contributed by atoms with E-state index in [0.29, 0.717) is 6.04 Å². The average Bonchev–Trinajstić information content (AvgIpc) is 2.97. The van der Waals surface area contributed by atoms with Crippen LogP contribution in [0.2, 0.25) is 0 Å². The number of thiazole rings is 1. The van der Waals surface area contributed by atoms with Crippen molar-refractivity contribution >= 4 is 21.6 Å². The fraction of sp³-hybridized carbons (Fsp3) is 0.316. The molecule has 0 spiro atoms. The lowest BCUT2D eigenvalue weighted by Gasteiger charge is -2.12. The van der Waals surface area contributed by atoms with Gasteiger partial charge in [-0.2, -0.15) is 0 Å². The molecule has 3 rings (SSSR count). The molecule has 0 aliphatic heterocycles. The fourth-order valence-electron chi connectivity index (χ4n) is 2.62. The van der Waals surface area contributed by atoms with Gasteiger partial charge in [-0.1, -0.05) is 36.4 Å². The highest BCUT2D eigenvalue weighted by molar-refractivity contribution is 7.18. The van der Waals surface area contributed by atoms with E-state index in [0.717, 1.165) is 30.5 Å². The van der Waals surface area contributed by atoms with Crippen molar-refractivity contribution in [3.8, 4) is 0 Å². The van der Waals surface area contributed by atoms with Crippen molar-refractivity contribution in [1.82, 2.24) is 10.3 Å². The van der Waals surface area contributed by atoms with Crippen molar-refractivity contribution in [2.75, 3.05) is 6.54 Å². The number of hydrogen-bond acceptors (Lipinski definition) is 4. The van der Waals surface area contributed by atoms with E-state index >= 15 is 0 Å². The minimum atomic E-state index is 0.109. The number of fused-ring (bicyclic) bond motifs is 1. The van der Waals surface area contributed by atoms with E-state index in [4.69, 9.17) is 10.1 Å². The Bertz CT molecular complexity index is 718. The lowest BCUT2D eigenvalue weighted by Crippen LogP contribution is -2.29. The minimum absolute atomic E-state index is 0.109. The van der Waals surface area contributed by atoms with Crippen LogP contribution in [0.25, 0.3) is 10.2 Å². The second-order valence-corrected chi connectivity index (χ2v) is 6.97. The highest BCUT2D eigenvalue weighted by Gasteiger charge is 2.08. The Hall–Kier alpha value is -1.75. The number of aromatic nitrogens is 1. The first-order valence-electron chi connectivity index (χ1n) is 8.01.